The van der Waals surface area contributed by atoms with E-state index in [0.717, 1.165) is 39.6 Å². The number of aromatic nitrogens is 4. The number of hydrogen-bond acceptors (Lipinski definition) is 2. The highest BCUT2D eigenvalue weighted by Gasteiger charge is 2.16. The van der Waals surface area contributed by atoms with Gasteiger partial charge >= 0.3 is 0 Å². The van der Waals surface area contributed by atoms with Crippen molar-refractivity contribution in [3.63, 3.8) is 0 Å². The Morgan fingerprint density at radius 3 is 2.38 bits per heavy atom. The molecule has 0 saturated carbocycles. The summed E-state index contributed by atoms with van der Waals surface area (Å²) in [4.78, 5) is 4.69. The maximum atomic E-state index is 6.42. The van der Waals surface area contributed by atoms with Crippen LogP contribution in [0.25, 0.3) is 44.3 Å². The third-order valence-corrected chi connectivity index (χ3v) is 6.92. The first-order valence-corrected chi connectivity index (χ1v) is 12.4. The monoisotopic (exact) mass is 481 g/mol. The van der Waals surface area contributed by atoms with Crippen LogP contribution in [0.5, 0.6) is 11.5 Å². The van der Waals surface area contributed by atoms with E-state index in [-0.39, 0.29) is 0 Å². The lowest BCUT2D eigenvalue weighted by atomic mass is 10.1. The van der Waals surface area contributed by atoms with E-state index in [4.69, 9.17) is 4.74 Å². The molecular weight excluding hydrogens is 456 g/mol. The third-order valence-electron chi connectivity index (χ3n) is 6.92. The van der Waals surface area contributed by atoms with Crippen molar-refractivity contribution in [2.45, 2.75) is 6.92 Å². The van der Waals surface area contributed by atoms with Crippen LogP contribution >= 0.6 is 0 Å². The molecule has 0 saturated heterocycles. The van der Waals surface area contributed by atoms with Crippen LogP contribution in [0.4, 0.5) is 0 Å². The van der Waals surface area contributed by atoms with Crippen LogP contribution < -0.4 is 9.30 Å². The van der Waals surface area contributed by atoms with Gasteiger partial charge in [-0.25, -0.2) is 9.55 Å². The molecule has 0 atom stereocenters. The zero-order valence-corrected chi connectivity index (χ0v) is 20.7. The number of pyridine rings is 1. The lowest BCUT2D eigenvalue weighted by molar-refractivity contribution is -0.645. The van der Waals surface area contributed by atoms with Crippen molar-refractivity contribution in [3.8, 4) is 23.0 Å². The number of aryl methyl sites for hydroxylation is 2. The van der Waals surface area contributed by atoms with Crippen molar-refractivity contribution >= 4 is 32.8 Å². The van der Waals surface area contributed by atoms with Gasteiger partial charge in [0.25, 0.3) is 0 Å². The van der Waals surface area contributed by atoms with Gasteiger partial charge in [0.05, 0.1) is 18.1 Å². The summed E-state index contributed by atoms with van der Waals surface area (Å²) >= 11 is 0. The van der Waals surface area contributed by atoms with Gasteiger partial charge in [-0.2, -0.15) is 4.57 Å². The Labute approximate surface area is 214 Å². The molecule has 178 valence electrons. The number of nitrogens with zero attached hydrogens (tertiary/aromatic N) is 4. The number of ether oxygens (including phenoxy) is 1. The Kier molecular flexibility index (Phi) is 4.83. The molecule has 0 aliphatic carbocycles. The minimum atomic E-state index is 0.782. The third kappa shape index (κ3) is 3.55. The van der Waals surface area contributed by atoms with Gasteiger partial charge in [-0.15, -0.1) is 0 Å². The van der Waals surface area contributed by atoms with E-state index < -0.39 is 0 Å². The predicted octanol–water partition coefficient (Wildman–Crippen LogP) is 7.05. The fourth-order valence-electron chi connectivity index (χ4n) is 5.21. The lowest BCUT2D eigenvalue weighted by Crippen LogP contribution is -2.25. The first-order valence-electron chi connectivity index (χ1n) is 12.4. The van der Waals surface area contributed by atoms with Gasteiger partial charge in [-0.3, -0.25) is 4.57 Å². The summed E-state index contributed by atoms with van der Waals surface area (Å²) in [7, 11) is 2.07. The van der Waals surface area contributed by atoms with Crippen LogP contribution in [0.3, 0.4) is 0 Å². The van der Waals surface area contributed by atoms with Gasteiger partial charge in [-0.1, -0.05) is 36.4 Å². The molecule has 0 N–H and O–H groups in total. The Morgan fingerprint density at radius 1 is 0.703 bits per heavy atom. The van der Waals surface area contributed by atoms with E-state index in [0.29, 0.717) is 0 Å². The normalized spacial score (nSPS) is 11.5. The van der Waals surface area contributed by atoms with Crippen LogP contribution in [0.15, 0.2) is 116 Å². The first-order chi connectivity index (χ1) is 18.2. The lowest BCUT2D eigenvalue weighted by Gasteiger charge is -2.10. The number of rotatable bonds is 4. The van der Waals surface area contributed by atoms with Crippen molar-refractivity contribution in [2.24, 2.45) is 7.05 Å². The molecule has 0 aliphatic heterocycles. The molecule has 3 heterocycles. The number of imidazole rings is 1. The van der Waals surface area contributed by atoms with Gasteiger partial charge in [0.15, 0.2) is 11.0 Å². The predicted molar refractivity (Wildman–Crippen MR) is 148 cm³/mol. The summed E-state index contributed by atoms with van der Waals surface area (Å²) in [5, 5.41) is 2.37. The number of para-hydroxylation sites is 3. The van der Waals surface area contributed by atoms with Gasteiger partial charge < -0.3 is 4.74 Å². The molecule has 0 spiro atoms. The summed E-state index contributed by atoms with van der Waals surface area (Å²) in [5.74, 6) is 2.47. The fraction of sp³-hybridized carbons (Fsp3) is 0.0625. The molecule has 37 heavy (non-hydrogen) atoms. The van der Waals surface area contributed by atoms with Crippen molar-refractivity contribution in [3.05, 3.63) is 121 Å². The van der Waals surface area contributed by atoms with E-state index >= 15 is 0 Å². The zero-order valence-electron chi connectivity index (χ0n) is 20.7. The summed E-state index contributed by atoms with van der Waals surface area (Å²) < 4.78 is 13.0. The molecule has 5 nitrogen and oxygen atoms in total. The molecule has 0 unspecified atom stereocenters. The average Bonchev–Trinajstić information content (AvgIpc) is 3.43. The van der Waals surface area contributed by atoms with E-state index in [1.165, 1.54) is 21.9 Å². The van der Waals surface area contributed by atoms with E-state index in [2.05, 4.69) is 118 Å². The smallest absolute Gasteiger partial charge is 0.249 e. The summed E-state index contributed by atoms with van der Waals surface area (Å²) in [6, 6.07) is 35.5. The van der Waals surface area contributed by atoms with Gasteiger partial charge in [0.2, 0.25) is 6.33 Å². The van der Waals surface area contributed by atoms with Crippen LogP contribution in [-0.2, 0) is 7.05 Å². The van der Waals surface area contributed by atoms with E-state index in [1.807, 2.05) is 30.5 Å². The molecule has 7 rings (SSSR count). The fourth-order valence-corrected chi connectivity index (χ4v) is 5.21. The second-order valence-corrected chi connectivity index (χ2v) is 9.41. The second-order valence-electron chi connectivity index (χ2n) is 9.41. The average molecular weight is 482 g/mol. The molecular formula is C32H25N4O+. The molecule has 7 aromatic rings. The molecule has 5 heteroatoms. The van der Waals surface area contributed by atoms with Crippen molar-refractivity contribution in [2.75, 3.05) is 0 Å². The quantitative estimate of drug-likeness (QED) is 0.253. The van der Waals surface area contributed by atoms with Crippen molar-refractivity contribution in [1.82, 2.24) is 14.1 Å². The molecule has 0 radical (unpaired) electrons. The van der Waals surface area contributed by atoms with Crippen LogP contribution in [0, 0.1) is 6.92 Å². The topological polar surface area (TPSA) is 35.9 Å². The molecule has 4 aromatic carbocycles. The number of fused-ring (bicyclic) bond motifs is 4. The maximum Gasteiger partial charge on any atom is 0.249 e. The first kappa shape index (κ1) is 21.4. The van der Waals surface area contributed by atoms with Gasteiger partial charge in [-0.05, 0) is 67.1 Å². The molecule has 0 aliphatic rings. The molecule has 0 fully saturated rings. The Balaban J connectivity index is 1.33. The summed E-state index contributed by atoms with van der Waals surface area (Å²) in [5.41, 5.74) is 6.74. The molecule has 0 bridgehead atoms. The minimum absolute atomic E-state index is 0.782. The second kappa shape index (κ2) is 8.35. The van der Waals surface area contributed by atoms with Gasteiger partial charge in [0.1, 0.15) is 23.0 Å². The minimum Gasteiger partial charge on any atom is -0.457 e. The van der Waals surface area contributed by atoms with Crippen LogP contribution in [-0.4, -0.2) is 14.1 Å². The number of hydrogen-bond donors (Lipinski definition) is 0. The Morgan fingerprint density at radius 2 is 1.49 bits per heavy atom. The standard InChI is InChI=1S/C32H25N4O/c1-22-16-17-33-32(18-22)36-28-11-4-3-10-26(28)27-15-14-25(20-31(27)36)37-24-9-7-8-23(19-24)35-21-34(2)29-12-5-6-13-30(29)35/h3-21H,1-2H3/q+1. The highest BCUT2D eigenvalue weighted by atomic mass is 16.5. The Bertz CT molecular complexity index is 1950. The maximum absolute atomic E-state index is 6.42. The molecule has 0 amide bonds. The summed E-state index contributed by atoms with van der Waals surface area (Å²) in [6.45, 7) is 2.09. The van der Waals surface area contributed by atoms with Gasteiger partial charge in [0, 0.05) is 29.1 Å². The molecule has 3 aromatic heterocycles. The highest BCUT2D eigenvalue weighted by molar-refractivity contribution is 6.09. The SMILES string of the molecule is Cc1ccnc(-n2c3ccccc3c3ccc(Oc4cccc(-n5c[n+](C)c6ccccc65)c4)cc32)c1. The number of benzene rings is 4. The Hall–Kier alpha value is -4.90. The zero-order chi connectivity index (χ0) is 24.9. The van der Waals surface area contributed by atoms with E-state index in [1.54, 1.807) is 0 Å². The van der Waals surface area contributed by atoms with Crippen molar-refractivity contribution in [1.29, 1.82) is 0 Å². The van der Waals surface area contributed by atoms with E-state index in [9.17, 15) is 0 Å². The van der Waals surface area contributed by atoms with Crippen LogP contribution in [0.1, 0.15) is 5.56 Å². The highest BCUT2D eigenvalue weighted by Crippen LogP contribution is 2.35. The largest absolute Gasteiger partial charge is 0.457 e. The van der Waals surface area contributed by atoms with Crippen LogP contribution in [0.2, 0.25) is 0 Å². The summed E-state index contributed by atoms with van der Waals surface area (Å²) in [6.07, 6.45) is 3.96. The van der Waals surface area contributed by atoms with Crippen molar-refractivity contribution < 1.29 is 9.30 Å².